The SMILES string of the molecule is Cc1ccc(C(=O)N(C2CC2)[C@H]2CC[C@H](CCO)CC2)c(F)c1. The molecule has 3 rings (SSSR count). The molecule has 0 unspecified atom stereocenters. The molecule has 2 fully saturated rings. The fourth-order valence-corrected chi connectivity index (χ4v) is 3.81. The van der Waals surface area contributed by atoms with Crippen molar-refractivity contribution < 1.29 is 14.3 Å². The molecule has 2 aliphatic rings. The van der Waals surface area contributed by atoms with E-state index in [4.69, 9.17) is 5.11 Å². The third-order valence-electron chi connectivity index (χ3n) is 5.28. The van der Waals surface area contributed by atoms with Crippen molar-refractivity contribution in [1.29, 1.82) is 0 Å². The molecule has 0 spiro atoms. The number of aliphatic hydroxyl groups is 1. The first-order valence-electron chi connectivity index (χ1n) is 8.80. The zero-order valence-corrected chi connectivity index (χ0v) is 13.8. The van der Waals surface area contributed by atoms with E-state index in [1.807, 2.05) is 11.8 Å². The highest BCUT2D eigenvalue weighted by molar-refractivity contribution is 5.95. The largest absolute Gasteiger partial charge is 0.396 e. The van der Waals surface area contributed by atoms with Gasteiger partial charge in [-0.25, -0.2) is 4.39 Å². The zero-order valence-electron chi connectivity index (χ0n) is 13.8. The molecule has 4 heteroatoms. The Hall–Kier alpha value is -1.42. The van der Waals surface area contributed by atoms with Gasteiger partial charge in [-0.05, 0) is 75.5 Å². The molecule has 0 aliphatic heterocycles. The van der Waals surface area contributed by atoms with E-state index in [0.29, 0.717) is 12.0 Å². The highest BCUT2D eigenvalue weighted by Crippen LogP contribution is 2.37. The fraction of sp³-hybridized carbons (Fsp3) is 0.632. The molecule has 0 radical (unpaired) electrons. The molecule has 2 aliphatic carbocycles. The van der Waals surface area contributed by atoms with Crippen LogP contribution in [0, 0.1) is 18.7 Å². The quantitative estimate of drug-likeness (QED) is 0.899. The van der Waals surface area contributed by atoms with Crippen molar-refractivity contribution in [3.05, 3.63) is 35.1 Å². The molecule has 1 aromatic rings. The first-order valence-corrected chi connectivity index (χ1v) is 8.80. The number of aliphatic hydroxyl groups excluding tert-OH is 1. The first kappa shape index (κ1) is 16.4. The highest BCUT2D eigenvalue weighted by atomic mass is 19.1. The number of hydrogen-bond donors (Lipinski definition) is 1. The number of carbonyl (C=O) groups is 1. The molecule has 1 N–H and O–H groups in total. The van der Waals surface area contributed by atoms with Gasteiger partial charge < -0.3 is 10.0 Å². The fourth-order valence-electron chi connectivity index (χ4n) is 3.81. The van der Waals surface area contributed by atoms with Gasteiger partial charge >= 0.3 is 0 Å². The number of amides is 1. The predicted octanol–water partition coefficient (Wildman–Crippen LogP) is 3.68. The summed E-state index contributed by atoms with van der Waals surface area (Å²) < 4.78 is 14.2. The Morgan fingerprint density at radius 3 is 2.30 bits per heavy atom. The van der Waals surface area contributed by atoms with E-state index < -0.39 is 5.82 Å². The Morgan fingerprint density at radius 2 is 1.78 bits per heavy atom. The second-order valence-electron chi connectivity index (χ2n) is 7.11. The van der Waals surface area contributed by atoms with Gasteiger partial charge in [0, 0.05) is 18.7 Å². The van der Waals surface area contributed by atoms with Crippen LogP contribution < -0.4 is 0 Å². The highest BCUT2D eigenvalue weighted by Gasteiger charge is 2.39. The van der Waals surface area contributed by atoms with E-state index in [9.17, 15) is 9.18 Å². The van der Waals surface area contributed by atoms with Gasteiger partial charge in [-0.2, -0.15) is 0 Å². The van der Waals surface area contributed by atoms with Crippen molar-refractivity contribution >= 4 is 5.91 Å². The lowest BCUT2D eigenvalue weighted by molar-refractivity contribution is 0.0573. The molecule has 0 atom stereocenters. The maximum Gasteiger partial charge on any atom is 0.257 e. The minimum absolute atomic E-state index is 0.143. The number of aryl methyl sites for hydroxylation is 1. The van der Waals surface area contributed by atoms with Gasteiger partial charge in [-0.1, -0.05) is 6.07 Å². The molecule has 0 heterocycles. The summed E-state index contributed by atoms with van der Waals surface area (Å²) in [6.07, 6.45) is 6.99. The maximum atomic E-state index is 14.2. The maximum absolute atomic E-state index is 14.2. The van der Waals surface area contributed by atoms with Crippen LogP contribution in [0.25, 0.3) is 0 Å². The van der Waals surface area contributed by atoms with E-state index in [0.717, 1.165) is 50.5 Å². The molecule has 23 heavy (non-hydrogen) atoms. The van der Waals surface area contributed by atoms with Crippen LogP contribution in [0.5, 0.6) is 0 Å². The molecule has 1 amide bonds. The van der Waals surface area contributed by atoms with Crippen LogP contribution in [-0.4, -0.2) is 34.6 Å². The summed E-state index contributed by atoms with van der Waals surface area (Å²) in [5.41, 5.74) is 1.04. The van der Waals surface area contributed by atoms with Gasteiger partial charge in [0.25, 0.3) is 5.91 Å². The molecule has 0 aromatic heterocycles. The monoisotopic (exact) mass is 319 g/mol. The second-order valence-corrected chi connectivity index (χ2v) is 7.11. The number of nitrogens with zero attached hydrogens (tertiary/aromatic N) is 1. The molecular formula is C19H26FNO2. The second kappa shape index (κ2) is 7.00. The summed E-state index contributed by atoms with van der Waals surface area (Å²) in [6.45, 7) is 2.08. The number of hydrogen-bond acceptors (Lipinski definition) is 2. The average molecular weight is 319 g/mol. The van der Waals surface area contributed by atoms with Crippen molar-refractivity contribution in [2.24, 2.45) is 5.92 Å². The molecular weight excluding hydrogens is 293 g/mol. The van der Waals surface area contributed by atoms with Crippen LogP contribution in [0.2, 0.25) is 0 Å². The van der Waals surface area contributed by atoms with Crippen molar-refractivity contribution in [3.8, 4) is 0 Å². The molecule has 0 saturated heterocycles. The topological polar surface area (TPSA) is 40.5 Å². The lowest BCUT2D eigenvalue weighted by atomic mass is 9.83. The van der Waals surface area contributed by atoms with E-state index in [2.05, 4.69) is 0 Å². The smallest absolute Gasteiger partial charge is 0.257 e. The number of benzene rings is 1. The predicted molar refractivity (Wildman–Crippen MR) is 87.8 cm³/mol. The van der Waals surface area contributed by atoms with Crippen LogP contribution >= 0.6 is 0 Å². The minimum atomic E-state index is -0.408. The van der Waals surface area contributed by atoms with E-state index in [1.165, 1.54) is 6.07 Å². The van der Waals surface area contributed by atoms with Gasteiger partial charge in [0.2, 0.25) is 0 Å². The summed E-state index contributed by atoms with van der Waals surface area (Å²) in [7, 11) is 0. The van der Waals surface area contributed by atoms with Gasteiger partial charge in [0.15, 0.2) is 0 Å². The normalized spacial score (nSPS) is 24.5. The first-order chi connectivity index (χ1) is 11.1. The lowest BCUT2D eigenvalue weighted by Crippen LogP contribution is -2.44. The Labute approximate surface area is 137 Å². The third kappa shape index (κ3) is 3.74. The van der Waals surface area contributed by atoms with Crippen molar-refractivity contribution in [2.45, 2.75) is 64.0 Å². The Balaban J connectivity index is 1.73. The molecule has 2 saturated carbocycles. The average Bonchev–Trinajstić information content (AvgIpc) is 3.34. The van der Waals surface area contributed by atoms with E-state index in [-0.39, 0.29) is 24.1 Å². The van der Waals surface area contributed by atoms with Gasteiger partial charge in [-0.3, -0.25) is 4.79 Å². The zero-order chi connectivity index (χ0) is 16.4. The Morgan fingerprint density at radius 1 is 1.17 bits per heavy atom. The molecule has 0 bridgehead atoms. The number of halogens is 1. The van der Waals surface area contributed by atoms with Crippen LogP contribution in [0.3, 0.4) is 0 Å². The van der Waals surface area contributed by atoms with Crippen LogP contribution in [0.15, 0.2) is 18.2 Å². The molecule has 1 aromatic carbocycles. The van der Waals surface area contributed by atoms with Crippen molar-refractivity contribution in [2.75, 3.05) is 6.61 Å². The number of carbonyl (C=O) groups excluding carboxylic acids is 1. The summed E-state index contributed by atoms with van der Waals surface area (Å²) in [6, 6.07) is 5.39. The Bertz CT molecular complexity index is 562. The van der Waals surface area contributed by atoms with Gasteiger partial charge in [0.05, 0.1) is 5.56 Å². The van der Waals surface area contributed by atoms with Crippen LogP contribution in [0.4, 0.5) is 4.39 Å². The standard InChI is InChI=1S/C19H26FNO2/c1-13-2-9-17(18(20)12-13)19(23)21(16-7-8-16)15-5-3-14(4-6-15)10-11-22/h2,9,12,14-16,22H,3-8,10-11H2,1H3/t14-,15-. The van der Waals surface area contributed by atoms with Gasteiger partial charge in [-0.15, -0.1) is 0 Å². The lowest BCUT2D eigenvalue weighted by Gasteiger charge is -2.37. The Kier molecular flexibility index (Phi) is 5.00. The van der Waals surface area contributed by atoms with Crippen LogP contribution in [-0.2, 0) is 0 Å². The minimum Gasteiger partial charge on any atom is -0.396 e. The number of rotatable bonds is 5. The summed E-state index contributed by atoms with van der Waals surface area (Å²) in [4.78, 5) is 14.9. The van der Waals surface area contributed by atoms with Crippen molar-refractivity contribution in [3.63, 3.8) is 0 Å². The van der Waals surface area contributed by atoms with E-state index in [1.54, 1.807) is 12.1 Å². The van der Waals surface area contributed by atoms with Crippen LogP contribution in [0.1, 0.15) is 60.9 Å². The summed E-state index contributed by atoms with van der Waals surface area (Å²) in [5.74, 6) is 0.0220. The third-order valence-corrected chi connectivity index (χ3v) is 5.28. The van der Waals surface area contributed by atoms with E-state index >= 15 is 0 Å². The summed E-state index contributed by atoms with van der Waals surface area (Å²) in [5, 5.41) is 9.08. The summed E-state index contributed by atoms with van der Waals surface area (Å²) >= 11 is 0. The molecule has 126 valence electrons. The molecule has 3 nitrogen and oxygen atoms in total. The van der Waals surface area contributed by atoms with Gasteiger partial charge in [0.1, 0.15) is 5.82 Å². The van der Waals surface area contributed by atoms with Crippen molar-refractivity contribution in [1.82, 2.24) is 4.90 Å².